The summed E-state index contributed by atoms with van der Waals surface area (Å²) in [7, 11) is 0. The highest BCUT2D eigenvalue weighted by atomic mass is 32.1. The standard InChI is InChI=1S/C18H16N2O4S2/c21-16(22)10-14-6-7-15(26-14)11-20(17-19-8-9-25-17)18(23)24-12-13-4-2-1-3-5-13/h1-9H,10-12H2,(H,21,22). The highest BCUT2D eigenvalue weighted by Gasteiger charge is 2.21. The van der Waals surface area contributed by atoms with Crippen LogP contribution in [-0.2, 0) is 29.1 Å². The molecule has 2 aromatic heterocycles. The summed E-state index contributed by atoms with van der Waals surface area (Å²) >= 11 is 2.71. The molecule has 0 aliphatic heterocycles. The quantitative estimate of drug-likeness (QED) is 0.657. The number of thiazole rings is 1. The average Bonchev–Trinajstić information content (AvgIpc) is 3.30. The maximum absolute atomic E-state index is 12.6. The number of rotatable bonds is 7. The number of anilines is 1. The largest absolute Gasteiger partial charge is 0.481 e. The number of aromatic nitrogens is 1. The van der Waals surface area contributed by atoms with Gasteiger partial charge < -0.3 is 9.84 Å². The molecule has 3 rings (SSSR count). The van der Waals surface area contributed by atoms with Crippen molar-refractivity contribution in [3.8, 4) is 0 Å². The van der Waals surface area contributed by atoms with Gasteiger partial charge in [-0.1, -0.05) is 30.3 Å². The molecule has 8 heteroatoms. The number of benzene rings is 1. The Balaban J connectivity index is 1.70. The SMILES string of the molecule is O=C(O)Cc1ccc(CN(C(=O)OCc2ccccc2)c2nccs2)s1. The van der Waals surface area contributed by atoms with Crippen LogP contribution in [0.4, 0.5) is 9.93 Å². The summed E-state index contributed by atoms with van der Waals surface area (Å²) in [4.78, 5) is 30.7. The van der Waals surface area contributed by atoms with Gasteiger partial charge in [-0.15, -0.1) is 22.7 Å². The molecule has 0 fully saturated rings. The first-order valence-corrected chi connectivity index (χ1v) is 9.48. The number of ether oxygens (including phenoxy) is 1. The average molecular weight is 388 g/mol. The lowest BCUT2D eigenvalue weighted by Crippen LogP contribution is -2.30. The number of thiophene rings is 1. The smallest absolute Gasteiger partial charge is 0.416 e. The molecule has 0 saturated carbocycles. The van der Waals surface area contributed by atoms with Gasteiger partial charge in [0.05, 0.1) is 13.0 Å². The van der Waals surface area contributed by atoms with Gasteiger partial charge in [-0.2, -0.15) is 0 Å². The van der Waals surface area contributed by atoms with Crippen LogP contribution in [-0.4, -0.2) is 22.2 Å². The molecule has 26 heavy (non-hydrogen) atoms. The van der Waals surface area contributed by atoms with E-state index in [1.54, 1.807) is 17.6 Å². The van der Waals surface area contributed by atoms with E-state index < -0.39 is 12.1 Å². The molecule has 0 saturated heterocycles. The molecule has 0 atom stereocenters. The maximum atomic E-state index is 12.6. The Labute approximate surface area is 158 Å². The van der Waals surface area contributed by atoms with Crippen LogP contribution in [0.1, 0.15) is 15.3 Å². The molecule has 0 aliphatic carbocycles. The Hall–Kier alpha value is -2.71. The third kappa shape index (κ3) is 4.90. The van der Waals surface area contributed by atoms with Gasteiger partial charge in [0.2, 0.25) is 0 Å². The van der Waals surface area contributed by atoms with E-state index in [0.717, 1.165) is 15.3 Å². The molecule has 1 N–H and O–H groups in total. The van der Waals surface area contributed by atoms with Gasteiger partial charge in [0, 0.05) is 21.3 Å². The van der Waals surface area contributed by atoms with Crippen LogP contribution in [0.2, 0.25) is 0 Å². The number of carbonyl (C=O) groups is 2. The molecule has 134 valence electrons. The monoisotopic (exact) mass is 388 g/mol. The van der Waals surface area contributed by atoms with Crippen LogP contribution >= 0.6 is 22.7 Å². The normalized spacial score (nSPS) is 10.5. The van der Waals surface area contributed by atoms with E-state index in [2.05, 4.69) is 4.98 Å². The lowest BCUT2D eigenvalue weighted by atomic mass is 10.2. The van der Waals surface area contributed by atoms with Crippen LogP contribution < -0.4 is 4.90 Å². The number of amides is 1. The Bertz CT molecular complexity index is 862. The van der Waals surface area contributed by atoms with Crippen molar-refractivity contribution in [3.05, 3.63) is 69.4 Å². The minimum absolute atomic E-state index is 0.0274. The molecule has 0 spiro atoms. The van der Waals surface area contributed by atoms with Crippen molar-refractivity contribution >= 4 is 39.9 Å². The third-order valence-corrected chi connectivity index (χ3v) is 5.30. The van der Waals surface area contributed by atoms with Gasteiger partial charge in [-0.3, -0.25) is 4.79 Å². The van der Waals surface area contributed by atoms with Crippen molar-refractivity contribution in [2.45, 2.75) is 19.6 Å². The summed E-state index contributed by atoms with van der Waals surface area (Å²) in [5.74, 6) is -0.877. The molecule has 0 radical (unpaired) electrons. The summed E-state index contributed by atoms with van der Waals surface area (Å²) in [5.41, 5.74) is 0.903. The van der Waals surface area contributed by atoms with Gasteiger partial charge in [-0.05, 0) is 17.7 Å². The van der Waals surface area contributed by atoms with Gasteiger partial charge in [0.15, 0.2) is 5.13 Å². The highest BCUT2D eigenvalue weighted by Crippen LogP contribution is 2.25. The predicted molar refractivity (Wildman–Crippen MR) is 101 cm³/mol. The van der Waals surface area contributed by atoms with E-state index in [0.29, 0.717) is 5.13 Å². The highest BCUT2D eigenvalue weighted by molar-refractivity contribution is 7.14. The molecule has 1 aromatic carbocycles. The maximum Gasteiger partial charge on any atom is 0.416 e. The van der Waals surface area contributed by atoms with Crippen LogP contribution in [0.5, 0.6) is 0 Å². The fourth-order valence-corrected chi connectivity index (χ4v) is 3.89. The summed E-state index contributed by atoms with van der Waals surface area (Å²) < 4.78 is 5.42. The van der Waals surface area contributed by atoms with E-state index >= 15 is 0 Å². The Morgan fingerprint density at radius 2 is 1.88 bits per heavy atom. The molecular weight excluding hydrogens is 372 g/mol. The first-order valence-electron chi connectivity index (χ1n) is 7.79. The summed E-state index contributed by atoms with van der Waals surface area (Å²) in [6, 6.07) is 13.0. The number of carboxylic acid groups (broad SMARTS) is 1. The molecule has 0 aliphatic rings. The van der Waals surface area contributed by atoms with Crippen LogP contribution in [0.3, 0.4) is 0 Å². The second kappa shape index (κ2) is 8.59. The molecule has 0 unspecified atom stereocenters. The van der Waals surface area contributed by atoms with Crippen molar-refractivity contribution in [3.63, 3.8) is 0 Å². The second-order valence-corrected chi connectivity index (χ2v) is 7.51. The zero-order chi connectivity index (χ0) is 18.4. The number of hydrogen-bond donors (Lipinski definition) is 1. The van der Waals surface area contributed by atoms with Crippen LogP contribution in [0.25, 0.3) is 0 Å². The lowest BCUT2D eigenvalue weighted by molar-refractivity contribution is -0.136. The Morgan fingerprint density at radius 1 is 1.12 bits per heavy atom. The number of nitrogens with zero attached hydrogens (tertiary/aromatic N) is 2. The van der Waals surface area contributed by atoms with E-state index in [-0.39, 0.29) is 19.6 Å². The van der Waals surface area contributed by atoms with Crippen molar-refractivity contribution in [2.24, 2.45) is 0 Å². The zero-order valence-corrected chi connectivity index (χ0v) is 15.3. The van der Waals surface area contributed by atoms with E-state index in [9.17, 15) is 9.59 Å². The van der Waals surface area contributed by atoms with Gasteiger partial charge >= 0.3 is 12.1 Å². The molecular formula is C18H16N2O4S2. The molecule has 6 nitrogen and oxygen atoms in total. The topological polar surface area (TPSA) is 79.7 Å². The van der Waals surface area contributed by atoms with E-state index in [1.807, 2.05) is 36.4 Å². The van der Waals surface area contributed by atoms with E-state index in [1.165, 1.54) is 27.6 Å². The van der Waals surface area contributed by atoms with Crippen molar-refractivity contribution in [1.82, 2.24) is 4.98 Å². The number of aliphatic carboxylic acids is 1. The fourth-order valence-electron chi connectivity index (χ4n) is 2.26. The minimum Gasteiger partial charge on any atom is -0.481 e. The summed E-state index contributed by atoms with van der Waals surface area (Å²) in [5, 5.41) is 11.2. The number of carbonyl (C=O) groups excluding carboxylic acids is 1. The molecule has 3 aromatic rings. The zero-order valence-electron chi connectivity index (χ0n) is 13.7. The molecule has 1 amide bonds. The predicted octanol–water partition coefficient (Wildman–Crippen LogP) is 4.18. The third-order valence-electron chi connectivity index (χ3n) is 3.43. The van der Waals surface area contributed by atoms with Gasteiger partial charge in [0.1, 0.15) is 6.61 Å². The summed E-state index contributed by atoms with van der Waals surface area (Å²) in [6.45, 7) is 0.460. The minimum atomic E-state index is -0.877. The Kier molecular flexibility index (Phi) is 5.98. The van der Waals surface area contributed by atoms with Crippen molar-refractivity contribution in [1.29, 1.82) is 0 Å². The van der Waals surface area contributed by atoms with Gasteiger partial charge in [-0.25, -0.2) is 14.7 Å². The second-order valence-electron chi connectivity index (χ2n) is 5.38. The first-order chi connectivity index (χ1) is 12.6. The van der Waals surface area contributed by atoms with E-state index in [4.69, 9.17) is 9.84 Å². The van der Waals surface area contributed by atoms with Crippen molar-refractivity contribution in [2.75, 3.05) is 4.90 Å². The number of carboxylic acids is 1. The lowest BCUT2D eigenvalue weighted by Gasteiger charge is -2.18. The van der Waals surface area contributed by atoms with Gasteiger partial charge in [0.25, 0.3) is 0 Å². The first kappa shape index (κ1) is 18.1. The fraction of sp³-hybridized carbons (Fsp3) is 0.167. The Morgan fingerprint density at radius 3 is 2.58 bits per heavy atom. The van der Waals surface area contributed by atoms with Crippen LogP contribution in [0.15, 0.2) is 54.0 Å². The summed E-state index contributed by atoms with van der Waals surface area (Å²) in [6.07, 6.45) is 1.11. The number of hydrogen-bond acceptors (Lipinski definition) is 6. The molecule has 2 heterocycles. The van der Waals surface area contributed by atoms with Crippen LogP contribution in [0, 0.1) is 0 Å². The van der Waals surface area contributed by atoms with Crippen molar-refractivity contribution < 1.29 is 19.4 Å². The molecule has 0 bridgehead atoms.